The molecule has 0 radical (unpaired) electrons. The Kier molecular flexibility index (Phi) is 6.26. The smallest absolute Gasteiger partial charge is 0.140 e. The lowest BCUT2D eigenvalue weighted by Crippen LogP contribution is -2.05. The summed E-state index contributed by atoms with van der Waals surface area (Å²) in [5, 5.41) is 17.0. The van der Waals surface area contributed by atoms with Crippen LogP contribution in [-0.4, -0.2) is 30.0 Å². The number of rotatable bonds is 9. The summed E-state index contributed by atoms with van der Waals surface area (Å²) in [6, 6.07) is 20.1. The summed E-state index contributed by atoms with van der Waals surface area (Å²) in [6.45, 7) is 1.77. The molecule has 2 heterocycles. The van der Waals surface area contributed by atoms with Crippen LogP contribution in [0, 0.1) is 0 Å². The first-order valence-electron chi connectivity index (χ1n) is 9.73. The molecular weight excluding hydrogens is 380 g/mol. The Labute approximate surface area is 175 Å². The highest BCUT2D eigenvalue weighted by molar-refractivity contribution is 5.58. The third kappa shape index (κ3) is 4.61. The van der Waals surface area contributed by atoms with E-state index in [4.69, 9.17) is 9.47 Å². The summed E-state index contributed by atoms with van der Waals surface area (Å²) in [5.74, 6) is 0. The third-order valence-electron chi connectivity index (χ3n) is 4.81. The molecule has 2 aromatic carbocycles. The summed E-state index contributed by atoms with van der Waals surface area (Å²) in [6.07, 6.45) is 0. The van der Waals surface area contributed by atoms with Gasteiger partial charge in [0.05, 0.1) is 37.8 Å². The average molecular weight is 404 g/mol. The maximum atomic E-state index is 5.91. The van der Waals surface area contributed by atoms with Crippen molar-refractivity contribution in [1.29, 1.82) is 0 Å². The molecule has 8 heteroatoms. The van der Waals surface area contributed by atoms with Crippen LogP contribution < -0.4 is 0 Å². The van der Waals surface area contributed by atoms with E-state index in [1.165, 1.54) is 0 Å². The summed E-state index contributed by atoms with van der Waals surface area (Å²) >= 11 is 0. The van der Waals surface area contributed by atoms with Gasteiger partial charge in [0.2, 0.25) is 0 Å². The zero-order valence-corrected chi connectivity index (χ0v) is 17.1. The van der Waals surface area contributed by atoms with Crippen LogP contribution in [0.3, 0.4) is 0 Å². The first kappa shape index (κ1) is 19.9. The van der Waals surface area contributed by atoms with Gasteiger partial charge in [0.1, 0.15) is 11.4 Å². The number of aromatic nitrogens is 6. The van der Waals surface area contributed by atoms with E-state index in [1.54, 1.807) is 9.36 Å². The minimum absolute atomic E-state index is 0.370. The zero-order chi connectivity index (χ0) is 20.8. The van der Waals surface area contributed by atoms with Gasteiger partial charge < -0.3 is 9.47 Å². The van der Waals surface area contributed by atoms with Crippen molar-refractivity contribution in [3.63, 3.8) is 0 Å². The van der Waals surface area contributed by atoms with E-state index < -0.39 is 0 Å². The molecule has 0 atom stereocenters. The minimum Gasteiger partial charge on any atom is -0.370 e. The fraction of sp³-hybridized carbons (Fsp3) is 0.273. The molecule has 0 spiro atoms. The summed E-state index contributed by atoms with van der Waals surface area (Å²) in [7, 11) is 3.69. The van der Waals surface area contributed by atoms with Crippen molar-refractivity contribution in [3.05, 3.63) is 83.2 Å². The molecular formula is C22H24N6O2. The van der Waals surface area contributed by atoms with Crippen molar-refractivity contribution in [2.75, 3.05) is 0 Å². The van der Waals surface area contributed by atoms with Crippen LogP contribution >= 0.6 is 0 Å². The Bertz CT molecular complexity index is 988. The van der Waals surface area contributed by atoms with Crippen LogP contribution in [-0.2, 0) is 50.0 Å². The molecule has 0 bridgehead atoms. The lowest BCUT2D eigenvalue weighted by molar-refractivity contribution is 0.101. The Hall–Kier alpha value is -3.36. The van der Waals surface area contributed by atoms with Crippen molar-refractivity contribution < 1.29 is 9.47 Å². The second kappa shape index (κ2) is 9.43. The van der Waals surface area contributed by atoms with Gasteiger partial charge in [-0.25, -0.2) is 9.36 Å². The fourth-order valence-electron chi connectivity index (χ4n) is 3.12. The highest BCUT2D eigenvalue weighted by atomic mass is 16.5. The second-order valence-corrected chi connectivity index (χ2v) is 6.97. The maximum Gasteiger partial charge on any atom is 0.140 e. The molecule has 0 N–H and O–H groups in total. The molecule has 0 aliphatic carbocycles. The summed E-state index contributed by atoms with van der Waals surface area (Å²) in [5.41, 5.74) is 5.24. The number of nitrogens with zero attached hydrogens (tertiary/aromatic N) is 6. The molecule has 0 aliphatic heterocycles. The fourth-order valence-corrected chi connectivity index (χ4v) is 3.12. The lowest BCUT2D eigenvalue weighted by atomic mass is 10.2. The average Bonchev–Trinajstić information content (AvgIpc) is 3.32. The Morgan fingerprint density at radius 3 is 1.40 bits per heavy atom. The number of aryl methyl sites for hydroxylation is 2. The standard InChI is InChI=1S/C22H24N6O2/c1-27-19(15-29-13-17-9-5-3-6-10-17)21(23-25-27)22-20(28(2)26-24-22)16-30-14-18-11-7-4-8-12-18/h3-12H,13-16H2,1-2H3. The molecule has 154 valence electrons. The molecule has 0 aliphatic rings. The monoisotopic (exact) mass is 404 g/mol. The molecule has 4 rings (SSSR count). The molecule has 0 saturated heterocycles. The van der Waals surface area contributed by atoms with Gasteiger partial charge in [0, 0.05) is 14.1 Å². The van der Waals surface area contributed by atoms with E-state index in [2.05, 4.69) is 20.6 Å². The Morgan fingerprint density at radius 2 is 1.00 bits per heavy atom. The first-order valence-corrected chi connectivity index (χ1v) is 9.73. The van der Waals surface area contributed by atoms with Gasteiger partial charge >= 0.3 is 0 Å². The second-order valence-electron chi connectivity index (χ2n) is 6.97. The topological polar surface area (TPSA) is 79.9 Å². The van der Waals surface area contributed by atoms with E-state index >= 15 is 0 Å². The van der Waals surface area contributed by atoms with Crippen LogP contribution in [0.25, 0.3) is 11.4 Å². The first-order chi connectivity index (χ1) is 14.7. The normalized spacial score (nSPS) is 11.1. The predicted octanol–water partition coefficient (Wildman–Crippen LogP) is 3.04. The number of hydrogen-bond acceptors (Lipinski definition) is 6. The van der Waals surface area contributed by atoms with Crippen molar-refractivity contribution >= 4 is 0 Å². The molecule has 0 amide bonds. The van der Waals surface area contributed by atoms with Gasteiger partial charge in [-0.1, -0.05) is 71.1 Å². The van der Waals surface area contributed by atoms with Gasteiger partial charge in [-0.05, 0) is 11.1 Å². The highest BCUT2D eigenvalue weighted by Gasteiger charge is 2.21. The molecule has 2 aromatic heterocycles. The molecule has 30 heavy (non-hydrogen) atoms. The molecule has 0 saturated carbocycles. The Balaban J connectivity index is 1.46. The van der Waals surface area contributed by atoms with Crippen LogP contribution in [0.1, 0.15) is 22.5 Å². The van der Waals surface area contributed by atoms with E-state index in [9.17, 15) is 0 Å². The molecule has 8 nitrogen and oxygen atoms in total. The zero-order valence-electron chi connectivity index (χ0n) is 17.1. The maximum absolute atomic E-state index is 5.91. The highest BCUT2D eigenvalue weighted by Crippen LogP contribution is 2.24. The van der Waals surface area contributed by atoms with E-state index in [-0.39, 0.29) is 0 Å². The van der Waals surface area contributed by atoms with Crippen LogP contribution in [0.4, 0.5) is 0 Å². The van der Waals surface area contributed by atoms with Crippen molar-refractivity contribution in [3.8, 4) is 11.4 Å². The largest absolute Gasteiger partial charge is 0.370 e. The number of ether oxygens (including phenoxy) is 2. The van der Waals surface area contributed by atoms with Crippen molar-refractivity contribution in [1.82, 2.24) is 30.0 Å². The molecule has 0 unspecified atom stereocenters. The van der Waals surface area contributed by atoms with Gasteiger partial charge in [-0.3, -0.25) is 0 Å². The lowest BCUT2D eigenvalue weighted by Gasteiger charge is -2.08. The summed E-state index contributed by atoms with van der Waals surface area (Å²) in [4.78, 5) is 0. The molecule has 4 aromatic rings. The van der Waals surface area contributed by atoms with Crippen LogP contribution in [0.5, 0.6) is 0 Å². The number of benzene rings is 2. The van der Waals surface area contributed by atoms with Crippen molar-refractivity contribution in [2.45, 2.75) is 26.4 Å². The number of hydrogen-bond donors (Lipinski definition) is 0. The van der Waals surface area contributed by atoms with E-state index in [1.807, 2.05) is 74.8 Å². The van der Waals surface area contributed by atoms with E-state index in [0.29, 0.717) is 37.8 Å². The Morgan fingerprint density at radius 1 is 0.600 bits per heavy atom. The van der Waals surface area contributed by atoms with Crippen molar-refractivity contribution in [2.24, 2.45) is 14.1 Å². The summed E-state index contributed by atoms with van der Waals surface area (Å²) < 4.78 is 15.2. The van der Waals surface area contributed by atoms with Crippen LogP contribution in [0.15, 0.2) is 60.7 Å². The van der Waals surface area contributed by atoms with Gasteiger partial charge in [0.15, 0.2) is 0 Å². The van der Waals surface area contributed by atoms with E-state index in [0.717, 1.165) is 22.5 Å². The van der Waals surface area contributed by atoms with Gasteiger partial charge in [-0.15, -0.1) is 10.2 Å². The predicted molar refractivity (Wildman–Crippen MR) is 111 cm³/mol. The van der Waals surface area contributed by atoms with Gasteiger partial charge in [-0.2, -0.15) is 0 Å². The van der Waals surface area contributed by atoms with Crippen LogP contribution in [0.2, 0.25) is 0 Å². The third-order valence-corrected chi connectivity index (χ3v) is 4.81. The molecule has 0 fully saturated rings. The SMILES string of the molecule is Cn1nnc(-c2nnn(C)c2COCc2ccccc2)c1COCc1ccccc1. The minimum atomic E-state index is 0.370. The van der Waals surface area contributed by atoms with Gasteiger partial charge in [0.25, 0.3) is 0 Å². The quantitative estimate of drug-likeness (QED) is 0.427.